The average molecular weight is 433 g/mol. The third-order valence-corrected chi connectivity index (χ3v) is 5.43. The lowest BCUT2D eigenvalue weighted by atomic mass is 9.88. The molecule has 30 heavy (non-hydrogen) atoms. The first-order chi connectivity index (χ1) is 14.3. The molecule has 2 fully saturated rings. The number of aliphatic hydroxyl groups excluding tert-OH is 2. The van der Waals surface area contributed by atoms with Crippen molar-refractivity contribution in [3.63, 3.8) is 0 Å². The van der Waals surface area contributed by atoms with E-state index >= 15 is 0 Å². The van der Waals surface area contributed by atoms with Crippen molar-refractivity contribution in [3.8, 4) is 0 Å². The molecule has 2 aromatic rings. The van der Waals surface area contributed by atoms with E-state index in [1.807, 2.05) is 0 Å². The van der Waals surface area contributed by atoms with Crippen molar-refractivity contribution >= 4 is 17.0 Å². The van der Waals surface area contributed by atoms with Gasteiger partial charge in [0, 0.05) is 13.2 Å². The van der Waals surface area contributed by atoms with Crippen LogP contribution < -0.4 is 5.73 Å². The van der Waals surface area contributed by atoms with Gasteiger partial charge in [0.25, 0.3) is 0 Å². The quantitative estimate of drug-likeness (QED) is 0.612. The largest absolute Gasteiger partial charge is 0.411 e. The van der Waals surface area contributed by atoms with E-state index in [1.165, 1.54) is 17.2 Å². The molecule has 166 valence electrons. The summed E-state index contributed by atoms with van der Waals surface area (Å²) in [4.78, 5) is 12.0. The summed E-state index contributed by atoms with van der Waals surface area (Å²) in [5.74, 6) is -0.207. The molecule has 0 radical (unpaired) electrons. The Morgan fingerprint density at radius 3 is 2.63 bits per heavy atom. The van der Waals surface area contributed by atoms with Crippen LogP contribution in [0.5, 0.6) is 0 Å². The van der Waals surface area contributed by atoms with Gasteiger partial charge in [0.2, 0.25) is 0 Å². The number of hydrogen-bond donors (Lipinski definition) is 3. The second-order valence-corrected chi connectivity index (χ2v) is 7.40. The highest BCUT2D eigenvalue weighted by Gasteiger charge is 2.50. The van der Waals surface area contributed by atoms with Crippen LogP contribution in [0.25, 0.3) is 11.2 Å². The van der Waals surface area contributed by atoms with Crippen molar-refractivity contribution in [2.45, 2.75) is 49.7 Å². The Labute approximate surface area is 168 Å². The van der Waals surface area contributed by atoms with Crippen LogP contribution in [-0.4, -0.2) is 80.1 Å². The van der Waals surface area contributed by atoms with E-state index in [0.29, 0.717) is 26.1 Å². The second-order valence-electron chi connectivity index (χ2n) is 7.40. The molecular formula is C17H22F3N5O5. The van der Waals surface area contributed by atoms with Gasteiger partial charge in [0.1, 0.15) is 36.8 Å². The maximum absolute atomic E-state index is 12.8. The van der Waals surface area contributed by atoms with Crippen LogP contribution in [0.3, 0.4) is 0 Å². The summed E-state index contributed by atoms with van der Waals surface area (Å²) in [6.07, 6.45) is -7.44. The molecule has 0 aliphatic carbocycles. The third kappa shape index (κ3) is 4.07. The van der Waals surface area contributed by atoms with Gasteiger partial charge in [-0.1, -0.05) is 0 Å². The molecule has 10 nitrogen and oxygen atoms in total. The Kier molecular flexibility index (Phi) is 5.81. The predicted octanol–water partition coefficient (Wildman–Crippen LogP) is 0.402. The van der Waals surface area contributed by atoms with Crippen molar-refractivity contribution in [1.82, 2.24) is 19.5 Å². The van der Waals surface area contributed by atoms with E-state index in [4.69, 9.17) is 19.9 Å². The topological polar surface area (TPSA) is 138 Å². The SMILES string of the molecule is Nc1ncnc2c1ncn2[C@@H]1O[C@H](C(OCC(F)(F)F)C2CCOCC2)[C@@H](O)[C@H]1O. The number of alkyl halides is 3. The van der Waals surface area contributed by atoms with E-state index in [9.17, 15) is 23.4 Å². The number of fused-ring (bicyclic) bond motifs is 1. The molecule has 2 saturated heterocycles. The monoisotopic (exact) mass is 433 g/mol. The number of nitrogen functional groups attached to an aromatic ring is 1. The summed E-state index contributed by atoms with van der Waals surface area (Å²) in [5, 5.41) is 21.2. The van der Waals surface area contributed by atoms with Crippen LogP contribution in [0.1, 0.15) is 19.1 Å². The van der Waals surface area contributed by atoms with Gasteiger partial charge in [0.15, 0.2) is 17.7 Å². The standard InChI is InChI=1S/C17H22F3N5O5/c18-17(19,20)5-29-12(8-1-3-28-4-2-8)13-10(26)11(27)16(30-13)25-7-24-9-14(21)22-6-23-15(9)25/h6-8,10-13,16,26-27H,1-5H2,(H2,21,22,23)/t10-,11+,12?,13-,16+/m0/s1. The van der Waals surface area contributed by atoms with E-state index in [-0.39, 0.29) is 22.9 Å². The third-order valence-electron chi connectivity index (χ3n) is 5.43. The Balaban J connectivity index is 1.60. The lowest BCUT2D eigenvalue weighted by Crippen LogP contribution is -2.46. The number of anilines is 1. The summed E-state index contributed by atoms with van der Waals surface area (Å²) in [6.45, 7) is -0.748. The molecule has 4 N–H and O–H groups in total. The average Bonchev–Trinajstić information content (AvgIpc) is 3.26. The number of nitrogens with zero attached hydrogens (tertiary/aromatic N) is 4. The fraction of sp³-hybridized carbons (Fsp3) is 0.706. The van der Waals surface area contributed by atoms with E-state index in [2.05, 4.69) is 15.0 Å². The number of ether oxygens (including phenoxy) is 3. The first kappa shape index (κ1) is 21.2. The fourth-order valence-electron chi connectivity index (χ4n) is 3.98. The van der Waals surface area contributed by atoms with Crippen molar-refractivity contribution in [3.05, 3.63) is 12.7 Å². The lowest BCUT2D eigenvalue weighted by Gasteiger charge is -2.35. The molecule has 1 unspecified atom stereocenters. The molecule has 5 atom stereocenters. The molecule has 0 spiro atoms. The van der Waals surface area contributed by atoms with Crippen LogP contribution in [0.15, 0.2) is 12.7 Å². The van der Waals surface area contributed by atoms with E-state index < -0.39 is 43.4 Å². The Bertz CT molecular complexity index is 875. The van der Waals surface area contributed by atoms with Crippen LogP contribution in [0, 0.1) is 5.92 Å². The van der Waals surface area contributed by atoms with Gasteiger partial charge in [-0.15, -0.1) is 0 Å². The maximum atomic E-state index is 12.8. The van der Waals surface area contributed by atoms with Crippen LogP contribution >= 0.6 is 0 Å². The summed E-state index contributed by atoms with van der Waals surface area (Å²) in [6, 6.07) is 0. The smallest absolute Gasteiger partial charge is 0.387 e. The van der Waals surface area contributed by atoms with E-state index in [1.54, 1.807) is 0 Å². The number of imidazole rings is 1. The minimum Gasteiger partial charge on any atom is -0.387 e. The van der Waals surface area contributed by atoms with E-state index in [0.717, 1.165) is 0 Å². The zero-order chi connectivity index (χ0) is 21.5. The number of halogens is 3. The van der Waals surface area contributed by atoms with Gasteiger partial charge in [-0.25, -0.2) is 15.0 Å². The van der Waals surface area contributed by atoms with Crippen LogP contribution in [-0.2, 0) is 14.2 Å². The Morgan fingerprint density at radius 2 is 1.93 bits per heavy atom. The first-order valence-electron chi connectivity index (χ1n) is 9.47. The lowest BCUT2D eigenvalue weighted by molar-refractivity contribution is -0.215. The molecular weight excluding hydrogens is 411 g/mol. The maximum Gasteiger partial charge on any atom is 0.411 e. The molecule has 2 aromatic heterocycles. The van der Waals surface area contributed by atoms with Gasteiger partial charge >= 0.3 is 6.18 Å². The number of rotatable bonds is 5. The van der Waals surface area contributed by atoms with Crippen LogP contribution in [0.4, 0.5) is 19.0 Å². The minimum absolute atomic E-state index is 0.122. The van der Waals surface area contributed by atoms with Crippen molar-refractivity contribution in [2.24, 2.45) is 5.92 Å². The van der Waals surface area contributed by atoms with Gasteiger partial charge in [-0.3, -0.25) is 4.57 Å². The highest BCUT2D eigenvalue weighted by Crippen LogP contribution is 2.38. The number of hydrogen-bond acceptors (Lipinski definition) is 9. The molecule has 0 aromatic carbocycles. The van der Waals surface area contributed by atoms with Crippen LogP contribution in [0.2, 0.25) is 0 Å². The Morgan fingerprint density at radius 1 is 1.20 bits per heavy atom. The molecule has 2 aliphatic heterocycles. The van der Waals surface area contributed by atoms with Gasteiger partial charge in [-0.05, 0) is 18.8 Å². The van der Waals surface area contributed by atoms with Crippen molar-refractivity contribution in [2.75, 3.05) is 25.6 Å². The zero-order valence-electron chi connectivity index (χ0n) is 15.8. The molecule has 13 heteroatoms. The highest BCUT2D eigenvalue weighted by molar-refractivity contribution is 5.81. The molecule has 2 aliphatic rings. The summed E-state index contributed by atoms with van der Waals surface area (Å²) in [7, 11) is 0. The molecule has 0 amide bonds. The summed E-state index contributed by atoms with van der Waals surface area (Å²) >= 11 is 0. The molecule has 4 rings (SSSR count). The van der Waals surface area contributed by atoms with Gasteiger partial charge < -0.3 is 30.2 Å². The number of aliphatic hydroxyl groups is 2. The highest BCUT2D eigenvalue weighted by atomic mass is 19.4. The second kappa shape index (κ2) is 8.23. The number of nitrogens with two attached hydrogens (primary N) is 1. The molecule has 0 bridgehead atoms. The summed E-state index contributed by atoms with van der Waals surface area (Å²) < 4.78 is 56.1. The normalized spacial score (nSPS) is 29.5. The van der Waals surface area contributed by atoms with Gasteiger partial charge in [-0.2, -0.15) is 13.2 Å². The summed E-state index contributed by atoms with van der Waals surface area (Å²) in [5.41, 5.74) is 6.31. The first-order valence-corrected chi connectivity index (χ1v) is 9.47. The van der Waals surface area contributed by atoms with Gasteiger partial charge in [0.05, 0.1) is 12.4 Å². The zero-order valence-corrected chi connectivity index (χ0v) is 15.8. The predicted molar refractivity (Wildman–Crippen MR) is 95.0 cm³/mol. The van der Waals surface area contributed by atoms with Crippen molar-refractivity contribution < 1.29 is 37.6 Å². The fourth-order valence-corrected chi connectivity index (χ4v) is 3.98. The minimum atomic E-state index is -4.54. The molecule has 0 saturated carbocycles. The molecule has 4 heterocycles. The number of aromatic nitrogens is 4. The van der Waals surface area contributed by atoms with Crippen molar-refractivity contribution in [1.29, 1.82) is 0 Å². The Hall–Kier alpha value is -2.06.